The average molecular weight is 275 g/mol. The monoisotopic (exact) mass is 275 g/mol. The minimum atomic E-state index is -0.168. The lowest BCUT2D eigenvalue weighted by molar-refractivity contribution is -0.0783. The molecular weight excluding hydrogens is 246 g/mol. The maximum Gasteiger partial charge on any atom is 0.0621 e. The van der Waals surface area contributed by atoms with E-state index < -0.39 is 0 Å². The van der Waals surface area contributed by atoms with Gasteiger partial charge in [-0.25, -0.2) is 0 Å². The highest BCUT2D eigenvalue weighted by Crippen LogP contribution is 2.42. The fourth-order valence-corrected chi connectivity index (χ4v) is 3.33. The molecule has 1 saturated carbocycles. The van der Waals surface area contributed by atoms with Crippen molar-refractivity contribution in [3.63, 3.8) is 0 Å². The van der Waals surface area contributed by atoms with Crippen molar-refractivity contribution in [2.45, 2.75) is 65.1 Å². The first-order chi connectivity index (χ1) is 9.50. The molecule has 0 saturated heterocycles. The number of rotatable bonds is 6. The molecule has 2 nitrogen and oxygen atoms in total. The van der Waals surface area contributed by atoms with Gasteiger partial charge in [-0.3, -0.25) is 0 Å². The van der Waals surface area contributed by atoms with Gasteiger partial charge in [-0.15, -0.1) is 0 Å². The molecule has 0 radical (unpaired) electrons. The van der Waals surface area contributed by atoms with Crippen molar-refractivity contribution in [1.29, 1.82) is 0 Å². The second kappa shape index (κ2) is 6.28. The predicted molar refractivity (Wildman–Crippen MR) is 84.6 cm³/mol. The smallest absolute Gasteiger partial charge is 0.0621 e. The zero-order valence-electron chi connectivity index (χ0n) is 13.3. The lowest BCUT2D eigenvalue weighted by atomic mass is 9.64. The molecule has 2 rings (SSSR count). The summed E-state index contributed by atoms with van der Waals surface area (Å²) in [4.78, 5) is 0. The second-order valence-corrected chi connectivity index (χ2v) is 6.76. The van der Waals surface area contributed by atoms with Gasteiger partial charge in [0.25, 0.3) is 0 Å². The van der Waals surface area contributed by atoms with Crippen LogP contribution in [0.15, 0.2) is 30.3 Å². The maximum atomic E-state index is 9.94. The Labute approximate surface area is 123 Å². The molecule has 2 N–H and O–H groups in total. The third-order valence-corrected chi connectivity index (χ3v) is 5.28. The van der Waals surface area contributed by atoms with E-state index in [1.165, 1.54) is 18.4 Å². The number of hydrogen-bond donors (Lipinski definition) is 2. The van der Waals surface area contributed by atoms with Crippen molar-refractivity contribution in [1.82, 2.24) is 5.32 Å². The minimum Gasteiger partial charge on any atom is -0.392 e. The molecule has 1 aromatic carbocycles. The molecule has 3 atom stereocenters. The van der Waals surface area contributed by atoms with Crippen LogP contribution in [0.2, 0.25) is 0 Å². The van der Waals surface area contributed by atoms with E-state index in [1.54, 1.807) is 0 Å². The van der Waals surface area contributed by atoms with Crippen LogP contribution in [-0.4, -0.2) is 17.3 Å². The minimum absolute atomic E-state index is 0.0148. The number of hydrogen-bond acceptors (Lipinski definition) is 2. The Kier molecular flexibility index (Phi) is 4.87. The van der Waals surface area contributed by atoms with Crippen LogP contribution in [0, 0.1) is 11.3 Å². The van der Waals surface area contributed by atoms with Gasteiger partial charge in [-0.05, 0) is 17.9 Å². The molecule has 1 fully saturated rings. The van der Waals surface area contributed by atoms with E-state index in [0.29, 0.717) is 18.0 Å². The molecule has 3 unspecified atom stereocenters. The van der Waals surface area contributed by atoms with Crippen molar-refractivity contribution >= 4 is 0 Å². The van der Waals surface area contributed by atoms with Crippen LogP contribution < -0.4 is 5.32 Å². The first-order valence-corrected chi connectivity index (χ1v) is 7.99. The highest BCUT2D eigenvalue weighted by molar-refractivity contribution is 5.21. The van der Waals surface area contributed by atoms with E-state index >= 15 is 0 Å². The highest BCUT2D eigenvalue weighted by Gasteiger charge is 2.48. The molecule has 2 heteroatoms. The van der Waals surface area contributed by atoms with Gasteiger partial charge >= 0.3 is 0 Å². The van der Waals surface area contributed by atoms with Crippen molar-refractivity contribution in [3.05, 3.63) is 35.9 Å². The zero-order chi connectivity index (χ0) is 14.8. The lowest BCUT2D eigenvalue weighted by Crippen LogP contribution is -2.61. The van der Waals surface area contributed by atoms with Crippen LogP contribution in [0.25, 0.3) is 0 Å². The molecule has 20 heavy (non-hydrogen) atoms. The molecule has 1 aromatic rings. The number of nitrogens with one attached hydrogen (secondary N) is 1. The predicted octanol–water partition coefficient (Wildman–Crippen LogP) is 3.91. The van der Waals surface area contributed by atoms with Crippen LogP contribution in [-0.2, 0) is 0 Å². The summed E-state index contributed by atoms with van der Waals surface area (Å²) < 4.78 is 0. The molecule has 0 aliphatic heterocycles. The Balaban J connectivity index is 2.16. The highest BCUT2D eigenvalue weighted by atomic mass is 16.3. The Hall–Kier alpha value is -0.860. The van der Waals surface area contributed by atoms with E-state index in [9.17, 15) is 5.11 Å². The normalized spacial score (nSPS) is 26.3. The molecule has 1 aliphatic rings. The summed E-state index contributed by atoms with van der Waals surface area (Å²) in [5, 5.41) is 13.8. The van der Waals surface area contributed by atoms with Crippen molar-refractivity contribution < 1.29 is 5.11 Å². The van der Waals surface area contributed by atoms with Crippen LogP contribution >= 0.6 is 0 Å². The van der Waals surface area contributed by atoms with Gasteiger partial charge in [0.1, 0.15) is 0 Å². The molecule has 0 amide bonds. The number of aliphatic hydroxyl groups excluding tert-OH is 1. The SMILES string of the molecule is CCC(CC)C(NC1CC(O)C1(C)C)c1ccccc1. The summed E-state index contributed by atoms with van der Waals surface area (Å²) in [6.07, 6.45) is 3.06. The summed E-state index contributed by atoms with van der Waals surface area (Å²) in [6.45, 7) is 8.86. The standard InChI is InChI=1S/C18H29NO/c1-5-13(6-2)17(14-10-8-7-9-11-14)19-15-12-16(20)18(15,3)4/h7-11,13,15-17,19-20H,5-6,12H2,1-4H3. The van der Waals surface area contributed by atoms with Crippen molar-refractivity contribution in [3.8, 4) is 0 Å². The molecule has 1 aliphatic carbocycles. The fraction of sp³-hybridized carbons (Fsp3) is 0.667. The molecule has 112 valence electrons. The van der Waals surface area contributed by atoms with Gasteiger partial charge < -0.3 is 10.4 Å². The van der Waals surface area contributed by atoms with Crippen molar-refractivity contribution in [2.75, 3.05) is 0 Å². The Morgan fingerprint density at radius 2 is 1.80 bits per heavy atom. The Bertz CT molecular complexity index is 411. The van der Waals surface area contributed by atoms with Gasteiger partial charge in [0.05, 0.1) is 6.10 Å². The Morgan fingerprint density at radius 3 is 2.25 bits per heavy atom. The summed E-state index contributed by atoms with van der Waals surface area (Å²) in [7, 11) is 0. The van der Waals surface area contributed by atoms with Crippen LogP contribution in [0.1, 0.15) is 58.6 Å². The molecular formula is C18H29NO. The van der Waals surface area contributed by atoms with E-state index in [2.05, 4.69) is 63.3 Å². The van der Waals surface area contributed by atoms with Gasteiger partial charge in [0.2, 0.25) is 0 Å². The summed E-state index contributed by atoms with van der Waals surface area (Å²) >= 11 is 0. The largest absolute Gasteiger partial charge is 0.392 e. The molecule has 0 bridgehead atoms. The van der Waals surface area contributed by atoms with E-state index in [4.69, 9.17) is 0 Å². The average Bonchev–Trinajstić information content (AvgIpc) is 2.47. The van der Waals surface area contributed by atoms with Gasteiger partial charge in [-0.1, -0.05) is 70.9 Å². The molecule has 0 spiro atoms. The third-order valence-electron chi connectivity index (χ3n) is 5.28. The summed E-state index contributed by atoms with van der Waals surface area (Å²) in [5.41, 5.74) is 1.36. The first kappa shape index (κ1) is 15.5. The van der Waals surface area contributed by atoms with Crippen LogP contribution in [0.5, 0.6) is 0 Å². The fourth-order valence-electron chi connectivity index (χ4n) is 3.33. The van der Waals surface area contributed by atoms with Gasteiger partial charge in [-0.2, -0.15) is 0 Å². The summed E-state index contributed by atoms with van der Waals surface area (Å²) in [5.74, 6) is 0.644. The second-order valence-electron chi connectivity index (χ2n) is 6.76. The number of aliphatic hydroxyl groups is 1. The van der Waals surface area contributed by atoms with E-state index in [1.807, 2.05) is 0 Å². The zero-order valence-corrected chi connectivity index (χ0v) is 13.3. The van der Waals surface area contributed by atoms with Gasteiger partial charge in [0, 0.05) is 17.5 Å². The first-order valence-electron chi connectivity index (χ1n) is 7.99. The maximum absolute atomic E-state index is 9.94. The molecule has 0 heterocycles. The topological polar surface area (TPSA) is 32.3 Å². The Morgan fingerprint density at radius 1 is 1.20 bits per heavy atom. The van der Waals surface area contributed by atoms with E-state index in [0.717, 1.165) is 6.42 Å². The lowest BCUT2D eigenvalue weighted by Gasteiger charge is -2.51. The number of benzene rings is 1. The molecule has 0 aromatic heterocycles. The third kappa shape index (κ3) is 2.91. The van der Waals surface area contributed by atoms with Gasteiger partial charge in [0.15, 0.2) is 0 Å². The van der Waals surface area contributed by atoms with Crippen LogP contribution in [0.3, 0.4) is 0 Å². The summed E-state index contributed by atoms with van der Waals surface area (Å²) in [6, 6.07) is 11.5. The van der Waals surface area contributed by atoms with Crippen molar-refractivity contribution in [2.24, 2.45) is 11.3 Å². The van der Waals surface area contributed by atoms with E-state index in [-0.39, 0.29) is 11.5 Å². The van der Waals surface area contributed by atoms with Crippen LogP contribution in [0.4, 0.5) is 0 Å². The quantitative estimate of drug-likeness (QED) is 0.825.